The van der Waals surface area contributed by atoms with Crippen LogP contribution in [0.1, 0.15) is 27.7 Å². The Balaban J connectivity index is 4.17. The number of ether oxygens (including phenoxy) is 2. The normalized spacial score (nSPS) is 12.7. The molecular formula is C14H28Bi2O4. The van der Waals surface area contributed by atoms with Gasteiger partial charge in [0, 0.05) is 0 Å². The topological polar surface area (TPSA) is 52.6 Å². The molecule has 0 rings (SSSR count). The molecule has 0 aliphatic carbocycles. The van der Waals surface area contributed by atoms with E-state index in [1.165, 1.54) is 0 Å². The molecule has 0 aromatic carbocycles. The minimum absolute atomic E-state index is 0.154. The molecule has 0 saturated heterocycles. The Morgan fingerprint density at radius 1 is 0.750 bits per heavy atom. The van der Waals surface area contributed by atoms with E-state index in [-0.39, 0.29) is 31.4 Å². The number of hydrogen-bond donors (Lipinski definition) is 0. The van der Waals surface area contributed by atoms with Gasteiger partial charge in [-0.2, -0.15) is 0 Å². The van der Waals surface area contributed by atoms with Crippen LogP contribution in [-0.2, 0) is 19.1 Å². The van der Waals surface area contributed by atoms with Crippen molar-refractivity contribution in [1.29, 1.82) is 0 Å². The number of rotatable bonds is 7. The van der Waals surface area contributed by atoms with Crippen LogP contribution in [0.25, 0.3) is 0 Å². The Morgan fingerprint density at radius 2 is 1.00 bits per heavy atom. The molecule has 118 valence electrons. The summed E-state index contributed by atoms with van der Waals surface area (Å²) >= 11 is -3.48. The van der Waals surface area contributed by atoms with Crippen LogP contribution in [0.2, 0.25) is 24.8 Å². The molecule has 0 spiro atoms. The summed E-state index contributed by atoms with van der Waals surface area (Å²) < 4.78 is 18.6. The van der Waals surface area contributed by atoms with Crippen LogP contribution in [0.4, 0.5) is 0 Å². The Morgan fingerprint density at radius 3 is 1.20 bits per heavy atom. The number of hydrogen-bond acceptors (Lipinski definition) is 4. The quantitative estimate of drug-likeness (QED) is 0.236. The SMILES string of the molecule is [CH3][Bi]([CH3])[C](C)(C)C(=O)OCCOC(=O)[C](C)(C)[Bi]([CH3])[CH3]. The zero-order valence-corrected chi connectivity index (χ0v) is 20.9. The predicted octanol–water partition coefficient (Wildman–Crippen LogP) is 3.14. The maximum absolute atomic E-state index is 12.0. The van der Waals surface area contributed by atoms with Gasteiger partial charge >= 0.3 is 140 Å². The molecule has 0 atom stereocenters. The van der Waals surface area contributed by atoms with Crippen molar-refractivity contribution in [1.82, 2.24) is 0 Å². The van der Waals surface area contributed by atoms with E-state index in [9.17, 15) is 9.59 Å². The number of carbonyl (C=O) groups excluding carboxylic acids is 2. The van der Waals surface area contributed by atoms with Gasteiger partial charge in [0.2, 0.25) is 0 Å². The van der Waals surface area contributed by atoms with Crippen LogP contribution in [0.3, 0.4) is 0 Å². The zero-order chi connectivity index (χ0) is 16.1. The molecule has 0 aliphatic heterocycles. The van der Waals surface area contributed by atoms with Gasteiger partial charge in [-0.25, -0.2) is 0 Å². The molecule has 0 saturated carbocycles. The van der Waals surface area contributed by atoms with Crippen molar-refractivity contribution in [3.05, 3.63) is 0 Å². The molecule has 0 amide bonds. The van der Waals surface area contributed by atoms with E-state index in [1.807, 2.05) is 27.7 Å². The summed E-state index contributed by atoms with van der Waals surface area (Å²) in [5.74, 6) is -0.309. The predicted molar refractivity (Wildman–Crippen MR) is 85.0 cm³/mol. The van der Waals surface area contributed by atoms with Gasteiger partial charge in [-0.3, -0.25) is 0 Å². The summed E-state index contributed by atoms with van der Waals surface area (Å²) in [6.45, 7) is 8.14. The first-order valence-corrected chi connectivity index (χ1v) is 24.0. The summed E-state index contributed by atoms with van der Waals surface area (Å²) in [5, 5.41) is 0. The van der Waals surface area contributed by atoms with E-state index in [0.29, 0.717) is 0 Å². The van der Waals surface area contributed by atoms with Gasteiger partial charge in [-0.1, -0.05) is 0 Å². The number of esters is 2. The van der Waals surface area contributed by atoms with E-state index in [1.54, 1.807) is 0 Å². The van der Waals surface area contributed by atoms with Crippen molar-refractivity contribution >= 4 is 55.4 Å². The summed E-state index contributed by atoms with van der Waals surface area (Å²) in [6.07, 6.45) is 0. The van der Waals surface area contributed by atoms with Gasteiger partial charge in [0.25, 0.3) is 0 Å². The van der Waals surface area contributed by atoms with Crippen LogP contribution in [0.15, 0.2) is 0 Å². The molecule has 0 bridgehead atoms. The third kappa shape index (κ3) is 5.83. The third-order valence-corrected chi connectivity index (χ3v) is 22.6. The van der Waals surface area contributed by atoms with Crippen molar-refractivity contribution in [3.8, 4) is 0 Å². The van der Waals surface area contributed by atoms with Crippen molar-refractivity contribution in [2.45, 2.75) is 52.5 Å². The first-order chi connectivity index (χ1) is 8.94. The zero-order valence-electron chi connectivity index (χ0n) is 13.9. The Bertz CT molecular complexity index is 315. The molecule has 0 N–H and O–H groups in total. The van der Waals surface area contributed by atoms with E-state index < -0.39 is 43.5 Å². The van der Waals surface area contributed by atoms with Gasteiger partial charge in [-0.15, -0.1) is 0 Å². The van der Waals surface area contributed by atoms with Crippen molar-refractivity contribution in [2.24, 2.45) is 0 Å². The third-order valence-electron chi connectivity index (χ3n) is 3.78. The fourth-order valence-corrected chi connectivity index (χ4v) is 4.33. The van der Waals surface area contributed by atoms with E-state index >= 15 is 0 Å². The molecule has 4 nitrogen and oxygen atoms in total. The van der Waals surface area contributed by atoms with Gasteiger partial charge in [-0.05, 0) is 0 Å². The van der Waals surface area contributed by atoms with Crippen LogP contribution >= 0.6 is 0 Å². The number of carbonyl (C=O) groups is 2. The molecular weight excluding hydrogens is 650 g/mol. The first-order valence-electron chi connectivity index (χ1n) is 6.63. The second-order valence-electron chi connectivity index (χ2n) is 6.18. The first kappa shape index (κ1) is 20.7. The van der Waals surface area contributed by atoms with E-state index in [0.717, 1.165) is 0 Å². The molecule has 0 aromatic heterocycles. The summed E-state index contributed by atoms with van der Waals surface area (Å²) in [7, 11) is 0. The van der Waals surface area contributed by atoms with Crippen LogP contribution in [-0.4, -0.2) is 68.7 Å². The summed E-state index contributed by atoms with van der Waals surface area (Å²) in [5.41, 5.74) is 0. The van der Waals surface area contributed by atoms with Crippen LogP contribution in [0, 0.1) is 0 Å². The Hall–Kier alpha value is 0.706. The van der Waals surface area contributed by atoms with Crippen molar-refractivity contribution in [3.63, 3.8) is 0 Å². The van der Waals surface area contributed by atoms with Gasteiger partial charge in [0.1, 0.15) is 0 Å². The molecule has 0 radical (unpaired) electrons. The second-order valence-corrected chi connectivity index (χ2v) is 28.8. The monoisotopic (exact) mass is 678 g/mol. The molecule has 0 heterocycles. The summed E-state index contributed by atoms with van der Waals surface area (Å²) in [6, 6.07) is 0. The maximum atomic E-state index is 12.0. The fourth-order valence-electron chi connectivity index (χ4n) is 0.987. The van der Waals surface area contributed by atoms with Crippen molar-refractivity contribution < 1.29 is 19.1 Å². The van der Waals surface area contributed by atoms with Gasteiger partial charge in [0.15, 0.2) is 0 Å². The minimum atomic E-state index is -1.74. The average molecular weight is 678 g/mol. The average Bonchev–Trinajstić information content (AvgIpc) is 2.33. The summed E-state index contributed by atoms with van der Waals surface area (Å²) in [4.78, 5) is 23.9. The molecule has 0 aromatic rings. The van der Waals surface area contributed by atoms with Gasteiger partial charge in [0.05, 0.1) is 0 Å². The fraction of sp³-hybridized carbons (Fsp3) is 0.857. The van der Waals surface area contributed by atoms with E-state index in [2.05, 4.69) is 18.5 Å². The molecule has 0 fully saturated rings. The van der Waals surface area contributed by atoms with Crippen molar-refractivity contribution in [2.75, 3.05) is 13.2 Å². The molecule has 20 heavy (non-hydrogen) atoms. The standard InChI is InChI=1S/C10H16O4.4CH3.2Bi/c1-7(2)9(11)13-5-6-14-10(12)8(3)4;;;;;;/h5-6H2,1-4H3;4*1H3;;. The Kier molecular flexibility index (Phi) is 8.66. The molecule has 6 heteroatoms. The second kappa shape index (κ2) is 8.37. The van der Waals surface area contributed by atoms with E-state index in [4.69, 9.17) is 9.47 Å². The Labute approximate surface area is 139 Å². The van der Waals surface area contributed by atoms with Crippen LogP contribution in [0.5, 0.6) is 0 Å². The molecule has 0 aliphatic rings. The molecule has 0 unspecified atom stereocenters. The van der Waals surface area contributed by atoms with Gasteiger partial charge < -0.3 is 0 Å². The van der Waals surface area contributed by atoms with Crippen LogP contribution < -0.4 is 0 Å².